The van der Waals surface area contributed by atoms with Gasteiger partial charge in [0.15, 0.2) is 0 Å². The zero-order chi connectivity index (χ0) is 15.5. The number of hydrogen-bond acceptors (Lipinski definition) is 3. The number of hydrogen-bond donors (Lipinski definition) is 1. The minimum atomic E-state index is -4.70. The second-order valence-corrected chi connectivity index (χ2v) is 4.97. The third-order valence-electron chi connectivity index (χ3n) is 3.30. The number of benzene rings is 1. The maximum Gasteiger partial charge on any atom is 0.573 e. The smallest absolute Gasteiger partial charge is 0.406 e. The van der Waals surface area contributed by atoms with Gasteiger partial charge in [0.1, 0.15) is 5.75 Å². The van der Waals surface area contributed by atoms with Crippen molar-refractivity contribution >= 4 is 5.91 Å². The molecule has 1 heterocycles. The van der Waals surface area contributed by atoms with Crippen LogP contribution in [0.1, 0.15) is 18.4 Å². The van der Waals surface area contributed by atoms with E-state index in [1.165, 1.54) is 24.3 Å². The van der Waals surface area contributed by atoms with Gasteiger partial charge in [-0.2, -0.15) is 0 Å². The van der Waals surface area contributed by atoms with Gasteiger partial charge in [0.05, 0.1) is 6.10 Å². The summed E-state index contributed by atoms with van der Waals surface area (Å²) in [7, 11) is 0. The Bertz CT molecular complexity index is 487. The van der Waals surface area contributed by atoms with Gasteiger partial charge in [0.2, 0.25) is 5.91 Å². The Balaban J connectivity index is 1.82. The number of aliphatic hydroxyl groups excluding tert-OH is 1. The van der Waals surface area contributed by atoms with Crippen molar-refractivity contribution in [1.82, 2.24) is 4.90 Å². The molecule has 1 aliphatic rings. The lowest BCUT2D eigenvalue weighted by molar-refractivity contribution is -0.274. The molecule has 0 unspecified atom stereocenters. The molecule has 0 saturated carbocycles. The van der Waals surface area contributed by atoms with Crippen LogP contribution in [-0.4, -0.2) is 41.5 Å². The van der Waals surface area contributed by atoms with Crippen LogP contribution in [-0.2, 0) is 11.2 Å². The van der Waals surface area contributed by atoms with E-state index >= 15 is 0 Å². The first kappa shape index (κ1) is 15.6. The van der Waals surface area contributed by atoms with E-state index in [0.717, 1.165) is 5.56 Å². The van der Waals surface area contributed by atoms with E-state index in [2.05, 4.69) is 4.74 Å². The van der Waals surface area contributed by atoms with Crippen molar-refractivity contribution in [2.75, 3.05) is 13.1 Å². The topological polar surface area (TPSA) is 49.8 Å². The van der Waals surface area contributed by atoms with Gasteiger partial charge in [-0.3, -0.25) is 4.79 Å². The molecular weight excluding hydrogens is 287 g/mol. The lowest BCUT2D eigenvalue weighted by Crippen LogP contribution is -2.29. The van der Waals surface area contributed by atoms with Crippen molar-refractivity contribution in [2.24, 2.45) is 0 Å². The SMILES string of the molecule is O=C(CCc1ccc(OC(F)(F)F)cc1)N1CC[C@@H](O)C1. The molecule has 0 spiro atoms. The Morgan fingerprint density at radius 3 is 2.52 bits per heavy atom. The first-order chi connectivity index (χ1) is 9.83. The lowest BCUT2D eigenvalue weighted by atomic mass is 10.1. The summed E-state index contributed by atoms with van der Waals surface area (Å²) in [6.07, 6.45) is -3.85. The highest BCUT2D eigenvalue weighted by Crippen LogP contribution is 2.23. The van der Waals surface area contributed by atoms with Gasteiger partial charge in [0, 0.05) is 19.5 Å². The second-order valence-electron chi connectivity index (χ2n) is 4.97. The van der Waals surface area contributed by atoms with Crippen LogP contribution in [0, 0.1) is 0 Å². The fourth-order valence-corrected chi connectivity index (χ4v) is 2.24. The zero-order valence-electron chi connectivity index (χ0n) is 11.3. The minimum Gasteiger partial charge on any atom is -0.406 e. The zero-order valence-corrected chi connectivity index (χ0v) is 11.3. The maximum atomic E-state index is 12.0. The number of halogens is 3. The minimum absolute atomic E-state index is 0.0535. The molecule has 0 radical (unpaired) electrons. The molecule has 1 atom stereocenters. The van der Waals surface area contributed by atoms with Crippen LogP contribution in [0.3, 0.4) is 0 Å². The van der Waals surface area contributed by atoms with Crippen molar-refractivity contribution in [2.45, 2.75) is 31.7 Å². The fraction of sp³-hybridized carbons (Fsp3) is 0.500. The van der Waals surface area contributed by atoms with E-state index in [4.69, 9.17) is 0 Å². The van der Waals surface area contributed by atoms with Gasteiger partial charge >= 0.3 is 6.36 Å². The number of likely N-dealkylation sites (tertiary alicyclic amines) is 1. The second kappa shape index (κ2) is 6.34. The molecular formula is C14H16F3NO3. The van der Waals surface area contributed by atoms with Crippen molar-refractivity contribution in [1.29, 1.82) is 0 Å². The molecule has 7 heteroatoms. The summed E-state index contributed by atoms with van der Waals surface area (Å²) in [6.45, 7) is 0.912. The van der Waals surface area contributed by atoms with E-state index in [0.29, 0.717) is 25.9 Å². The molecule has 1 aromatic rings. The van der Waals surface area contributed by atoms with E-state index in [1.54, 1.807) is 4.90 Å². The molecule has 116 valence electrons. The van der Waals surface area contributed by atoms with E-state index in [1.807, 2.05) is 0 Å². The average Bonchev–Trinajstić information content (AvgIpc) is 2.82. The van der Waals surface area contributed by atoms with E-state index in [9.17, 15) is 23.1 Å². The van der Waals surface area contributed by atoms with Gasteiger partial charge in [-0.25, -0.2) is 0 Å². The third kappa shape index (κ3) is 4.93. The number of amides is 1. The van der Waals surface area contributed by atoms with Gasteiger partial charge in [0.25, 0.3) is 0 Å². The van der Waals surface area contributed by atoms with E-state index < -0.39 is 12.5 Å². The van der Waals surface area contributed by atoms with Gasteiger partial charge in [-0.1, -0.05) is 12.1 Å². The summed E-state index contributed by atoms with van der Waals surface area (Å²) in [5.41, 5.74) is 0.762. The first-order valence-electron chi connectivity index (χ1n) is 6.64. The molecule has 1 saturated heterocycles. The van der Waals surface area contributed by atoms with Crippen molar-refractivity contribution < 1.29 is 27.8 Å². The van der Waals surface area contributed by atoms with Gasteiger partial charge in [-0.05, 0) is 30.5 Å². The Morgan fingerprint density at radius 2 is 2.00 bits per heavy atom. The molecule has 1 N–H and O–H groups in total. The summed E-state index contributed by atoms with van der Waals surface area (Å²) in [5, 5.41) is 9.36. The van der Waals surface area contributed by atoms with Crippen LogP contribution in [0.2, 0.25) is 0 Å². The fourth-order valence-electron chi connectivity index (χ4n) is 2.24. The molecule has 0 aromatic heterocycles. The van der Waals surface area contributed by atoms with Crippen LogP contribution in [0.15, 0.2) is 24.3 Å². The Hall–Kier alpha value is -1.76. The molecule has 1 aliphatic heterocycles. The molecule has 21 heavy (non-hydrogen) atoms. The predicted molar refractivity (Wildman–Crippen MR) is 68.6 cm³/mol. The Morgan fingerprint density at radius 1 is 1.33 bits per heavy atom. The Labute approximate surface area is 120 Å². The number of rotatable bonds is 4. The van der Waals surface area contributed by atoms with Gasteiger partial charge in [-0.15, -0.1) is 13.2 Å². The highest BCUT2D eigenvalue weighted by atomic mass is 19.4. The standard InChI is InChI=1S/C14H16F3NO3/c15-14(16,17)21-12-4-1-10(2-5-12)3-6-13(20)18-8-7-11(19)9-18/h1-2,4-5,11,19H,3,6-9H2/t11-/m1/s1. The van der Waals surface area contributed by atoms with Crippen LogP contribution in [0.25, 0.3) is 0 Å². The molecule has 4 nitrogen and oxygen atoms in total. The molecule has 1 aromatic carbocycles. The summed E-state index contributed by atoms with van der Waals surface area (Å²) < 4.78 is 39.8. The summed E-state index contributed by atoms with van der Waals surface area (Å²) in [6, 6.07) is 5.47. The van der Waals surface area contributed by atoms with Crippen molar-refractivity contribution in [3.05, 3.63) is 29.8 Å². The molecule has 0 aliphatic carbocycles. The predicted octanol–water partition coefficient (Wildman–Crippen LogP) is 2.11. The number of carbonyl (C=O) groups is 1. The first-order valence-corrected chi connectivity index (χ1v) is 6.64. The molecule has 2 rings (SSSR count). The number of aryl methyl sites for hydroxylation is 1. The average molecular weight is 303 g/mol. The van der Waals surface area contributed by atoms with Gasteiger partial charge < -0.3 is 14.7 Å². The van der Waals surface area contributed by atoms with Crippen LogP contribution >= 0.6 is 0 Å². The molecule has 1 amide bonds. The highest BCUT2D eigenvalue weighted by Gasteiger charge is 2.31. The normalized spacial score (nSPS) is 18.9. The summed E-state index contributed by atoms with van der Waals surface area (Å²) >= 11 is 0. The largest absolute Gasteiger partial charge is 0.573 e. The number of β-amino-alcohol motifs (C(OH)–C–C–N with tert-alkyl or cyclic N) is 1. The summed E-state index contributed by atoms with van der Waals surface area (Å²) in [4.78, 5) is 13.5. The van der Waals surface area contributed by atoms with Crippen molar-refractivity contribution in [3.63, 3.8) is 0 Å². The van der Waals surface area contributed by atoms with E-state index in [-0.39, 0.29) is 18.1 Å². The number of aliphatic hydroxyl groups is 1. The van der Waals surface area contributed by atoms with Crippen LogP contribution in [0.4, 0.5) is 13.2 Å². The number of alkyl halides is 3. The highest BCUT2D eigenvalue weighted by molar-refractivity contribution is 5.76. The number of carbonyl (C=O) groups excluding carboxylic acids is 1. The van der Waals surface area contributed by atoms with Crippen LogP contribution in [0.5, 0.6) is 5.75 Å². The number of ether oxygens (including phenoxy) is 1. The summed E-state index contributed by atoms with van der Waals surface area (Å²) in [5.74, 6) is -0.331. The quantitative estimate of drug-likeness (QED) is 0.927. The molecule has 0 bridgehead atoms. The van der Waals surface area contributed by atoms with Crippen molar-refractivity contribution in [3.8, 4) is 5.75 Å². The maximum absolute atomic E-state index is 12.0. The lowest BCUT2D eigenvalue weighted by Gasteiger charge is -2.15. The monoisotopic (exact) mass is 303 g/mol. The molecule has 1 fully saturated rings. The number of nitrogens with zero attached hydrogens (tertiary/aromatic N) is 1. The van der Waals surface area contributed by atoms with Crippen LogP contribution < -0.4 is 4.74 Å². The third-order valence-corrected chi connectivity index (χ3v) is 3.30. The Kier molecular flexibility index (Phi) is 4.72.